The van der Waals surface area contributed by atoms with Crippen molar-refractivity contribution < 1.29 is 13.2 Å². The molecule has 2 heterocycles. The minimum Gasteiger partial charge on any atom is -0.336 e. The van der Waals surface area contributed by atoms with Crippen molar-refractivity contribution >= 4 is 33.1 Å². The minimum absolute atomic E-state index is 0.0755. The Bertz CT molecular complexity index is 908. The highest BCUT2D eigenvalue weighted by molar-refractivity contribution is 7.89. The van der Waals surface area contributed by atoms with Gasteiger partial charge in [-0.3, -0.25) is 0 Å². The first-order chi connectivity index (χ1) is 13.9. The second kappa shape index (κ2) is 9.71. The Hall–Kier alpha value is -1.94. The molecule has 1 fully saturated rings. The normalized spacial score (nSPS) is 16.5. The molecule has 0 aliphatic carbocycles. The Labute approximate surface area is 176 Å². The summed E-state index contributed by atoms with van der Waals surface area (Å²) in [7, 11) is 0.412. The molecule has 2 N–H and O–H groups in total. The number of thiophene rings is 1. The highest BCUT2D eigenvalue weighted by Crippen LogP contribution is 2.24. The summed E-state index contributed by atoms with van der Waals surface area (Å²) in [6.45, 7) is 1.55. The number of hydrogen-bond donors (Lipinski definition) is 2. The maximum Gasteiger partial charge on any atom is 0.319 e. The summed E-state index contributed by atoms with van der Waals surface area (Å²) in [5.41, 5.74) is 0.457. The van der Waals surface area contributed by atoms with Crippen LogP contribution in [0.5, 0.6) is 0 Å². The van der Waals surface area contributed by atoms with E-state index in [9.17, 15) is 13.2 Å². The fraction of sp³-hybridized carbons (Fsp3) is 0.450. The van der Waals surface area contributed by atoms with Gasteiger partial charge in [0.1, 0.15) is 0 Å². The number of rotatable bonds is 7. The van der Waals surface area contributed by atoms with Gasteiger partial charge in [0.25, 0.3) is 0 Å². The van der Waals surface area contributed by atoms with E-state index in [0.29, 0.717) is 25.3 Å². The number of nitrogens with zero attached hydrogens (tertiary/aromatic N) is 2. The molecule has 1 aromatic heterocycles. The number of sulfonamides is 1. The number of carbonyl (C=O) groups is 1. The van der Waals surface area contributed by atoms with E-state index in [4.69, 9.17) is 0 Å². The van der Waals surface area contributed by atoms with Crippen LogP contribution in [0.25, 0.3) is 0 Å². The molecule has 1 unspecified atom stereocenters. The van der Waals surface area contributed by atoms with Gasteiger partial charge in [0, 0.05) is 30.2 Å². The van der Waals surface area contributed by atoms with Crippen LogP contribution in [0, 0.1) is 0 Å². The Morgan fingerprint density at radius 3 is 2.59 bits per heavy atom. The Kier molecular flexibility index (Phi) is 7.28. The number of likely N-dealkylation sites (N-methyl/N-ethyl adjacent to an activating group) is 1. The fourth-order valence-electron chi connectivity index (χ4n) is 3.37. The van der Waals surface area contributed by atoms with E-state index in [1.54, 1.807) is 29.5 Å². The van der Waals surface area contributed by atoms with E-state index in [0.717, 1.165) is 19.3 Å². The third-order valence-electron chi connectivity index (χ3n) is 5.00. The quantitative estimate of drug-likeness (QED) is 0.697. The maximum atomic E-state index is 12.8. The van der Waals surface area contributed by atoms with Crippen LogP contribution >= 0.6 is 11.3 Å². The smallest absolute Gasteiger partial charge is 0.319 e. The van der Waals surface area contributed by atoms with Gasteiger partial charge in [0.05, 0.1) is 10.9 Å². The van der Waals surface area contributed by atoms with Crippen molar-refractivity contribution in [3.05, 3.63) is 46.7 Å². The van der Waals surface area contributed by atoms with Gasteiger partial charge in [0.2, 0.25) is 10.0 Å². The summed E-state index contributed by atoms with van der Waals surface area (Å²) < 4.78 is 27.2. The van der Waals surface area contributed by atoms with Gasteiger partial charge in [0.15, 0.2) is 0 Å². The molecule has 0 saturated carbocycles. The predicted molar refractivity (Wildman–Crippen MR) is 117 cm³/mol. The lowest BCUT2D eigenvalue weighted by Crippen LogP contribution is -2.37. The molecule has 1 aliphatic heterocycles. The van der Waals surface area contributed by atoms with Gasteiger partial charge >= 0.3 is 6.03 Å². The molecule has 29 heavy (non-hydrogen) atoms. The number of amides is 2. The highest BCUT2D eigenvalue weighted by Gasteiger charge is 2.26. The third-order valence-corrected chi connectivity index (χ3v) is 7.86. The lowest BCUT2D eigenvalue weighted by Gasteiger charge is -2.26. The zero-order valence-electron chi connectivity index (χ0n) is 16.8. The van der Waals surface area contributed by atoms with E-state index in [2.05, 4.69) is 15.5 Å². The predicted octanol–water partition coefficient (Wildman–Crippen LogP) is 3.35. The summed E-state index contributed by atoms with van der Waals surface area (Å²) in [5, 5.41) is 7.64. The number of carbonyl (C=O) groups excluding carboxylic acids is 1. The molecule has 9 heteroatoms. The largest absolute Gasteiger partial charge is 0.336 e. The van der Waals surface area contributed by atoms with Crippen molar-refractivity contribution in [1.82, 2.24) is 14.5 Å². The molecule has 0 radical (unpaired) electrons. The van der Waals surface area contributed by atoms with Crippen LogP contribution in [0.2, 0.25) is 0 Å². The summed E-state index contributed by atoms with van der Waals surface area (Å²) in [4.78, 5) is 15.8. The highest BCUT2D eigenvalue weighted by atomic mass is 32.2. The van der Waals surface area contributed by atoms with Gasteiger partial charge in [-0.2, -0.15) is 4.31 Å². The van der Waals surface area contributed by atoms with Gasteiger partial charge in [-0.15, -0.1) is 11.3 Å². The van der Waals surface area contributed by atoms with Crippen LogP contribution < -0.4 is 10.6 Å². The zero-order valence-corrected chi connectivity index (χ0v) is 18.4. The molecular formula is C20H28N4O3S2. The first kappa shape index (κ1) is 21.8. The Morgan fingerprint density at radius 2 is 1.93 bits per heavy atom. The minimum atomic E-state index is -3.53. The van der Waals surface area contributed by atoms with Crippen molar-refractivity contribution in [2.24, 2.45) is 0 Å². The summed E-state index contributed by atoms with van der Waals surface area (Å²) in [6, 6.07) is 10.2. The summed E-state index contributed by atoms with van der Waals surface area (Å²) >= 11 is 1.65. The number of piperidine rings is 1. The standard InChI is InChI=1S/C20H28N4O3S2/c1-23(2)18(19-10-7-13-28-19)15-21-20(25)22-16-8-6-9-17(14-16)29(26,27)24-11-4-3-5-12-24/h6-10,13-14,18H,3-5,11-12,15H2,1-2H3,(H2,21,22,25). The molecule has 0 spiro atoms. The zero-order chi connectivity index (χ0) is 20.9. The van der Waals surface area contributed by atoms with Crippen molar-refractivity contribution in [3.63, 3.8) is 0 Å². The third kappa shape index (κ3) is 5.57. The number of anilines is 1. The molecule has 1 aromatic carbocycles. The number of nitrogens with one attached hydrogen (secondary N) is 2. The number of benzene rings is 1. The van der Waals surface area contributed by atoms with E-state index in [1.165, 1.54) is 15.2 Å². The molecule has 2 amide bonds. The molecule has 1 saturated heterocycles. The lowest BCUT2D eigenvalue weighted by molar-refractivity contribution is 0.244. The van der Waals surface area contributed by atoms with Crippen molar-refractivity contribution in [2.75, 3.05) is 39.0 Å². The molecule has 1 aliphatic rings. The second-order valence-corrected chi connectivity index (χ2v) is 10.2. The van der Waals surface area contributed by atoms with Crippen LogP contribution in [0.3, 0.4) is 0 Å². The maximum absolute atomic E-state index is 12.8. The first-order valence-electron chi connectivity index (χ1n) is 9.73. The molecule has 2 aromatic rings. The molecule has 3 rings (SSSR count). The van der Waals surface area contributed by atoms with E-state index in [-0.39, 0.29) is 17.0 Å². The summed E-state index contributed by atoms with van der Waals surface area (Å²) in [5.74, 6) is 0. The average Bonchev–Trinajstić information content (AvgIpc) is 3.23. The van der Waals surface area contributed by atoms with Gasteiger partial charge in [-0.05, 0) is 56.6 Å². The summed E-state index contributed by atoms with van der Waals surface area (Å²) in [6.07, 6.45) is 2.83. The van der Waals surface area contributed by atoms with Crippen LogP contribution in [-0.2, 0) is 10.0 Å². The van der Waals surface area contributed by atoms with E-state index in [1.807, 2.05) is 31.6 Å². The van der Waals surface area contributed by atoms with Crippen LogP contribution in [0.15, 0.2) is 46.7 Å². The molecule has 1 atom stereocenters. The molecular weight excluding hydrogens is 408 g/mol. The van der Waals surface area contributed by atoms with Crippen LogP contribution in [0.1, 0.15) is 30.2 Å². The van der Waals surface area contributed by atoms with Gasteiger partial charge in [-0.1, -0.05) is 18.6 Å². The molecule has 158 valence electrons. The van der Waals surface area contributed by atoms with Crippen molar-refractivity contribution in [1.29, 1.82) is 0 Å². The molecule has 0 bridgehead atoms. The second-order valence-electron chi connectivity index (χ2n) is 7.32. The first-order valence-corrected chi connectivity index (χ1v) is 12.0. The topological polar surface area (TPSA) is 81.8 Å². The van der Waals surface area contributed by atoms with Crippen LogP contribution in [0.4, 0.5) is 10.5 Å². The Morgan fingerprint density at radius 1 is 1.17 bits per heavy atom. The monoisotopic (exact) mass is 436 g/mol. The lowest BCUT2D eigenvalue weighted by atomic mass is 10.2. The van der Waals surface area contributed by atoms with Gasteiger partial charge in [-0.25, -0.2) is 13.2 Å². The van der Waals surface area contributed by atoms with E-state index < -0.39 is 10.0 Å². The fourth-order valence-corrected chi connectivity index (χ4v) is 5.86. The van der Waals surface area contributed by atoms with Crippen LogP contribution in [-0.4, -0.2) is 57.4 Å². The number of hydrogen-bond acceptors (Lipinski definition) is 5. The van der Waals surface area contributed by atoms with Crippen molar-refractivity contribution in [2.45, 2.75) is 30.2 Å². The number of urea groups is 1. The van der Waals surface area contributed by atoms with Crippen molar-refractivity contribution in [3.8, 4) is 0 Å². The molecule has 7 nitrogen and oxygen atoms in total. The van der Waals surface area contributed by atoms with E-state index >= 15 is 0 Å². The Balaban J connectivity index is 1.63. The van der Waals surface area contributed by atoms with Gasteiger partial charge < -0.3 is 15.5 Å². The SMILES string of the molecule is CN(C)C(CNC(=O)Nc1cccc(S(=O)(=O)N2CCCCC2)c1)c1cccs1. The average molecular weight is 437 g/mol.